The largest absolute Gasteiger partial charge is 0.396 e. The molecule has 2 rings (SSSR count). The minimum Gasteiger partial charge on any atom is -0.396 e. The highest BCUT2D eigenvalue weighted by Crippen LogP contribution is 2.56. The summed E-state index contributed by atoms with van der Waals surface area (Å²) in [6.45, 7) is 6.30. The van der Waals surface area contributed by atoms with Crippen LogP contribution in [0.2, 0.25) is 0 Å². The highest BCUT2D eigenvalue weighted by atomic mass is 16.3. The molecule has 2 N–H and O–H groups in total. The van der Waals surface area contributed by atoms with Crippen LogP contribution in [0.5, 0.6) is 0 Å². The number of Topliss-reactive ketones (excluding diaryl/α,β-unsaturated/α-hetero) is 1. The molecule has 0 aromatic carbocycles. The van der Waals surface area contributed by atoms with Crippen LogP contribution in [0.1, 0.15) is 40.0 Å². The van der Waals surface area contributed by atoms with Gasteiger partial charge >= 0.3 is 0 Å². The van der Waals surface area contributed by atoms with Gasteiger partial charge < -0.3 is 10.2 Å². The molecule has 0 heterocycles. The third-order valence-corrected chi connectivity index (χ3v) is 4.94. The molecular weight excluding hydrogens is 228 g/mol. The van der Waals surface area contributed by atoms with Crippen molar-refractivity contribution in [2.75, 3.05) is 6.61 Å². The van der Waals surface area contributed by atoms with E-state index in [9.17, 15) is 15.0 Å². The van der Waals surface area contributed by atoms with E-state index in [0.717, 1.165) is 24.8 Å². The Morgan fingerprint density at radius 3 is 2.67 bits per heavy atom. The number of allylic oxidation sites excluding steroid dienone is 1. The molecule has 0 spiro atoms. The summed E-state index contributed by atoms with van der Waals surface area (Å²) in [6.07, 6.45) is 3.58. The topological polar surface area (TPSA) is 57.5 Å². The van der Waals surface area contributed by atoms with E-state index in [0.29, 0.717) is 5.92 Å². The Hall–Kier alpha value is -0.670. The Morgan fingerprint density at radius 1 is 1.44 bits per heavy atom. The van der Waals surface area contributed by atoms with Gasteiger partial charge in [-0.25, -0.2) is 0 Å². The van der Waals surface area contributed by atoms with Crippen LogP contribution in [-0.2, 0) is 4.79 Å². The van der Waals surface area contributed by atoms with Gasteiger partial charge in [0.2, 0.25) is 0 Å². The molecule has 0 unspecified atom stereocenters. The fraction of sp³-hybridized carbons (Fsp3) is 0.800. The lowest BCUT2D eigenvalue weighted by Crippen LogP contribution is -2.51. The van der Waals surface area contributed by atoms with Crippen LogP contribution < -0.4 is 0 Å². The average molecular weight is 252 g/mol. The Kier molecular flexibility index (Phi) is 3.65. The molecule has 2 aliphatic carbocycles. The molecule has 4 atom stereocenters. The monoisotopic (exact) mass is 252 g/mol. The first-order valence-corrected chi connectivity index (χ1v) is 6.87. The summed E-state index contributed by atoms with van der Waals surface area (Å²) in [5.41, 5.74) is 1.34. The van der Waals surface area contributed by atoms with E-state index in [2.05, 4.69) is 13.8 Å². The number of hydrogen-bond donors (Lipinski definition) is 2. The van der Waals surface area contributed by atoms with E-state index < -0.39 is 6.10 Å². The van der Waals surface area contributed by atoms with Gasteiger partial charge in [-0.3, -0.25) is 4.79 Å². The Labute approximate surface area is 109 Å². The second-order valence-electron chi connectivity index (χ2n) is 6.65. The van der Waals surface area contributed by atoms with Crippen molar-refractivity contribution < 1.29 is 15.0 Å². The van der Waals surface area contributed by atoms with Crippen LogP contribution in [0.4, 0.5) is 0 Å². The molecule has 0 saturated heterocycles. The molecular formula is C15H24O3. The average Bonchev–Trinajstić information content (AvgIpc) is 2.30. The van der Waals surface area contributed by atoms with Crippen LogP contribution in [0.25, 0.3) is 0 Å². The number of fused-ring (bicyclic) bond motifs is 1. The lowest BCUT2D eigenvalue weighted by atomic mass is 9.50. The van der Waals surface area contributed by atoms with Crippen molar-refractivity contribution in [3.8, 4) is 0 Å². The normalized spacial score (nSPS) is 39.8. The number of aliphatic hydroxyl groups excluding tert-OH is 2. The van der Waals surface area contributed by atoms with Gasteiger partial charge in [-0.1, -0.05) is 19.4 Å². The summed E-state index contributed by atoms with van der Waals surface area (Å²) >= 11 is 0. The van der Waals surface area contributed by atoms with Gasteiger partial charge in [-0.2, -0.15) is 0 Å². The molecule has 3 nitrogen and oxygen atoms in total. The van der Waals surface area contributed by atoms with Crippen molar-refractivity contribution in [2.45, 2.75) is 46.1 Å². The van der Waals surface area contributed by atoms with E-state index in [1.807, 2.05) is 6.92 Å². The Bertz CT molecular complexity index is 370. The lowest BCUT2D eigenvalue weighted by Gasteiger charge is -2.54. The van der Waals surface area contributed by atoms with Crippen molar-refractivity contribution in [1.82, 2.24) is 0 Å². The zero-order valence-electron chi connectivity index (χ0n) is 11.5. The maximum absolute atomic E-state index is 12.2. The SMILES string of the molecule is CC1=C[C@@H](O)C(=O)[C@@H](CO)[C@H]2CC(C)(C)[C@@H]2CC1. The zero-order valence-corrected chi connectivity index (χ0v) is 11.5. The molecule has 1 fully saturated rings. The number of aliphatic hydroxyl groups is 2. The minimum atomic E-state index is -1.04. The molecule has 0 radical (unpaired) electrons. The van der Waals surface area contributed by atoms with E-state index in [1.165, 1.54) is 0 Å². The molecule has 18 heavy (non-hydrogen) atoms. The van der Waals surface area contributed by atoms with Crippen molar-refractivity contribution >= 4 is 5.78 Å². The second-order valence-corrected chi connectivity index (χ2v) is 6.65. The third kappa shape index (κ3) is 2.26. The van der Waals surface area contributed by atoms with Gasteiger partial charge in [-0.15, -0.1) is 0 Å². The number of carbonyl (C=O) groups excluding carboxylic acids is 1. The van der Waals surface area contributed by atoms with E-state index in [1.54, 1.807) is 6.08 Å². The van der Waals surface area contributed by atoms with E-state index >= 15 is 0 Å². The van der Waals surface area contributed by atoms with Gasteiger partial charge in [-0.05, 0) is 49.5 Å². The van der Waals surface area contributed by atoms with Crippen molar-refractivity contribution in [1.29, 1.82) is 0 Å². The van der Waals surface area contributed by atoms with E-state index in [-0.39, 0.29) is 29.6 Å². The first kappa shape index (κ1) is 13.8. The predicted octanol–water partition coefficient (Wildman–Crippen LogP) is 1.93. The molecule has 0 aromatic heterocycles. The Morgan fingerprint density at radius 2 is 2.11 bits per heavy atom. The van der Waals surface area contributed by atoms with Crippen LogP contribution in [0, 0.1) is 23.2 Å². The van der Waals surface area contributed by atoms with Crippen LogP contribution in [-0.4, -0.2) is 28.7 Å². The summed E-state index contributed by atoms with van der Waals surface area (Å²) in [6, 6.07) is 0. The minimum absolute atomic E-state index is 0.139. The maximum atomic E-state index is 12.2. The summed E-state index contributed by atoms with van der Waals surface area (Å²) in [5.74, 6) is 0.128. The van der Waals surface area contributed by atoms with Gasteiger partial charge in [0.05, 0.1) is 6.61 Å². The smallest absolute Gasteiger partial charge is 0.170 e. The summed E-state index contributed by atoms with van der Waals surface area (Å²) in [5, 5.41) is 19.4. The summed E-state index contributed by atoms with van der Waals surface area (Å²) < 4.78 is 0. The van der Waals surface area contributed by atoms with Gasteiger partial charge in [0.25, 0.3) is 0 Å². The lowest BCUT2D eigenvalue weighted by molar-refractivity contribution is -0.141. The molecule has 2 aliphatic rings. The molecule has 0 aromatic rings. The molecule has 0 aliphatic heterocycles. The number of rotatable bonds is 1. The molecule has 102 valence electrons. The second kappa shape index (κ2) is 4.78. The highest BCUT2D eigenvalue weighted by molar-refractivity contribution is 5.87. The van der Waals surface area contributed by atoms with Crippen molar-refractivity contribution in [3.05, 3.63) is 11.6 Å². The predicted molar refractivity (Wildman–Crippen MR) is 70.0 cm³/mol. The maximum Gasteiger partial charge on any atom is 0.170 e. The third-order valence-electron chi connectivity index (χ3n) is 4.94. The van der Waals surface area contributed by atoms with Crippen LogP contribution in [0.15, 0.2) is 11.6 Å². The quantitative estimate of drug-likeness (QED) is 0.701. The first-order chi connectivity index (χ1) is 8.36. The Balaban J connectivity index is 2.27. The highest BCUT2D eigenvalue weighted by Gasteiger charge is 2.51. The molecule has 0 amide bonds. The summed E-state index contributed by atoms with van der Waals surface area (Å²) in [4.78, 5) is 12.2. The zero-order chi connectivity index (χ0) is 13.5. The van der Waals surface area contributed by atoms with E-state index in [4.69, 9.17) is 0 Å². The van der Waals surface area contributed by atoms with Gasteiger partial charge in [0.1, 0.15) is 6.10 Å². The number of carbonyl (C=O) groups is 1. The van der Waals surface area contributed by atoms with Crippen LogP contribution in [0.3, 0.4) is 0 Å². The van der Waals surface area contributed by atoms with Crippen LogP contribution >= 0.6 is 0 Å². The summed E-state index contributed by atoms with van der Waals surface area (Å²) in [7, 11) is 0. The van der Waals surface area contributed by atoms with Gasteiger partial charge in [0, 0.05) is 5.92 Å². The first-order valence-electron chi connectivity index (χ1n) is 6.87. The van der Waals surface area contributed by atoms with Gasteiger partial charge in [0.15, 0.2) is 5.78 Å². The molecule has 0 bridgehead atoms. The fourth-order valence-electron chi connectivity index (χ4n) is 3.82. The fourth-order valence-corrected chi connectivity index (χ4v) is 3.82. The number of ketones is 1. The van der Waals surface area contributed by atoms with Crippen molar-refractivity contribution in [3.63, 3.8) is 0 Å². The molecule has 1 saturated carbocycles. The number of hydrogen-bond acceptors (Lipinski definition) is 3. The standard InChI is InChI=1S/C15H24O3/c1-9-4-5-12-10(7-15(12,2)3)11(8-16)14(18)13(17)6-9/h6,10-13,16-17H,4-5,7-8H2,1-3H3/t10-,11+,12-,13-/m1/s1. The molecule has 3 heteroatoms. The van der Waals surface area contributed by atoms with Crippen molar-refractivity contribution in [2.24, 2.45) is 23.2 Å².